The van der Waals surface area contributed by atoms with Crippen molar-refractivity contribution in [2.24, 2.45) is 4.99 Å². The smallest absolute Gasteiger partial charge is 0.387 e. The average molecular weight is 315 g/mol. The summed E-state index contributed by atoms with van der Waals surface area (Å²) in [6.07, 6.45) is 0.143. The van der Waals surface area contributed by atoms with Crippen molar-refractivity contribution in [2.45, 2.75) is 37.0 Å². The first-order valence-corrected chi connectivity index (χ1v) is 6.98. The fraction of sp³-hybridized carbons (Fsp3) is 0.429. The second-order valence-electron chi connectivity index (χ2n) is 5.29. The molecule has 4 nitrogen and oxygen atoms in total. The number of aliphatic imine (C=N–C) groups is 1. The van der Waals surface area contributed by atoms with Crippen LogP contribution in [0.2, 0.25) is 5.02 Å². The van der Waals surface area contributed by atoms with Crippen molar-refractivity contribution in [1.29, 1.82) is 0 Å². The third-order valence-corrected chi connectivity index (χ3v) is 4.31. The molecular weight excluding hydrogens is 302 g/mol. The van der Waals surface area contributed by atoms with E-state index in [0.717, 1.165) is 0 Å². The van der Waals surface area contributed by atoms with Crippen molar-refractivity contribution in [3.8, 4) is 0 Å². The third kappa shape index (κ3) is 2.13. The van der Waals surface area contributed by atoms with Crippen molar-refractivity contribution in [2.75, 3.05) is 0 Å². The lowest BCUT2D eigenvalue weighted by molar-refractivity contribution is -0.148. The molecule has 1 fully saturated rings. The van der Waals surface area contributed by atoms with Crippen LogP contribution in [0.25, 0.3) is 0 Å². The Labute approximate surface area is 124 Å². The number of aliphatic hydroxyl groups is 1. The van der Waals surface area contributed by atoms with Gasteiger partial charge in [0, 0.05) is 10.6 Å². The van der Waals surface area contributed by atoms with E-state index in [1.165, 1.54) is 0 Å². The molecule has 1 amide bonds. The van der Waals surface area contributed by atoms with E-state index in [1.807, 2.05) is 0 Å². The number of fused-ring (bicyclic) bond motifs is 1. The topological polar surface area (TPSA) is 61.7 Å². The second kappa shape index (κ2) is 4.74. The Hall–Kier alpha value is -1.53. The molecule has 2 atom stereocenters. The number of hydrogen-bond acceptors (Lipinski definition) is 3. The summed E-state index contributed by atoms with van der Waals surface area (Å²) in [5, 5.41) is 12.8. The summed E-state index contributed by atoms with van der Waals surface area (Å²) in [6.45, 7) is 0. The van der Waals surface area contributed by atoms with E-state index < -0.39 is 23.6 Å². The first kappa shape index (κ1) is 14.4. The number of carbonyl (C=O) groups is 1. The highest BCUT2D eigenvalue weighted by Gasteiger charge is 2.55. The molecule has 21 heavy (non-hydrogen) atoms. The van der Waals surface area contributed by atoms with Crippen molar-refractivity contribution < 1.29 is 18.7 Å². The largest absolute Gasteiger partial charge is 0.421 e. The van der Waals surface area contributed by atoms with E-state index in [-0.39, 0.29) is 5.71 Å². The molecule has 1 aliphatic carbocycles. The minimum Gasteiger partial charge on any atom is -0.387 e. The third-order valence-electron chi connectivity index (χ3n) is 3.98. The number of hydrogen-bond donors (Lipinski definition) is 2. The summed E-state index contributed by atoms with van der Waals surface area (Å²) < 4.78 is 27.2. The number of rotatable bonds is 1. The van der Waals surface area contributed by atoms with Gasteiger partial charge in [-0.1, -0.05) is 29.8 Å². The number of nitrogens with one attached hydrogen (secondary N) is 1. The summed E-state index contributed by atoms with van der Waals surface area (Å²) in [4.78, 5) is 14.9. The van der Waals surface area contributed by atoms with Gasteiger partial charge in [-0.3, -0.25) is 4.79 Å². The Morgan fingerprint density at radius 2 is 2.10 bits per heavy atom. The lowest BCUT2D eigenvalue weighted by Gasteiger charge is -2.45. The van der Waals surface area contributed by atoms with Gasteiger partial charge in [0.05, 0.1) is 11.8 Å². The van der Waals surface area contributed by atoms with Crippen molar-refractivity contribution >= 4 is 23.2 Å². The van der Waals surface area contributed by atoms with Crippen LogP contribution in [0.15, 0.2) is 29.3 Å². The van der Waals surface area contributed by atoms with Crippen molar-refractivity contribution in [3.05, 3.63) is 34.9 Å². The molecule has 1 heterocycles. The highest BCUT2D eigenvalue weighted by molar-refractivity contribution is 6.32. The molecule has 0 aromatic heterocycles. The molecule has 1 aromatic rings. The van der Waals surface area contributed by atoms with Gasteiger partial charge in [0.2, 0.25) is 0 Å². The van der Waals surface area contributed by atoms with Gasteiger partial charge in [0.1, 0.15) is 5.54 Å². The van der Waals surface area contributed by atoms with Gasteiger partial charge in [-0.25, -0.2) is 4.99 Å². The van der Waals surface area contributed by atoms with Crippen LogP contribution in [0.3, 0.4) is 0 Å². The number of benzene rings is 1. The number of amides is 1. The summed E-state index contributed by atoms with van der Waals surface area (Å²) in [5.41, 5.74) is -0.895. The maximum atomic E-state index is 13.6. The fourth-order valence-corrected chi connectivity index (χ4v) is 3.32. The molecule has 1 saturated carbocycles. The van der Waals surface area contributed by atoms with Gasteiger partial charge >= 0.3 is 12.0 Å². The highest BCUT2D eigenvalue weighted by atomic mass is 35.5. The monoisotopic (exact) mass is 314 g/mol. The van der Waals surface area contributed by atoms with Gasteiger partial charge in [0.15, 0.2) is 0 Å². The lowest BCUT2D eigenvalue weighted by Crippen LogP contribution is -2.64. The molecule has 0 saturated heterocycles. The van der Waals surface area contributed by atoms with Gasteiger partial charge in [-0.2, -0.15) is 8.78 Å². The normalized spacial score (nSPS) is 31.1. The Bertz CT molecular complexity index is 635. The molecule has 1 aromatic carbocycles. The van der Waals surface area contributed by atoms with E-state index in [1.54, 1.807) is 24.3 Å². The molecule has 2 aliphatic rings. The molecule has 0 spiro atoms. The van der Waals surface area contributed by atoms with E-state index in [4.69, 9.17) is 11.6 Å². The van der Waals surface area contributed by atoms with Crippen LogP contribution in [-0.4, -0.2) is 28.9 Å². The summed E-state index contributed by atoms with van der Waals surface area (Å²) in [7, 11) is 0. The molecule has 7 heteroatoms. The zero-order chi connectivity index (χ0) is 15.3. The first-order valence-electron chi connectivity index (χ1n) is 6.60. The molecule has 3 rings (SSSR count). The Morgan fingerprint density at radius 3 is 2.81 bits per heavy atom. The fourth-order valence-electron chi connectivity index (χ4n) is 3.02. The zero-order valence-corrected chi connectivity index (χ0v) is 11.7. The van der Waals surface area contributed by atoms with Crippen LogP contribution in [0.1, 0.15) is 24.8 Å². The molecule has 0 radical (unpaired) electrons. The van der Waals surface area contributed by atoms with E-state index in [2.05, 4.69) is 10.3 Å². The van der Waals surface area contributed by atoms with Gasteiger partial charge in [-0.15, -0.1) is 0 Å². The number of alkyl halides is 2. The molecule has 112 valence electrons. The number of carbonyl (C=O) groups excluding carboxylic acids is 1. The van der Waals surface area contributed by atoms with E-state index >= 15 is 0 Å². The molecule has 0 bridgehead atoms. The predicted molar refractivity (Wildman–Crippen MR) is 73.5 cm³/mol. The van der Waals surface area contributed by atoms with E-state index in [9.17, 15) is 18.7 Å². The SMILES string of the molecule is O=C1NC2(c3ccccc3Cl)CCC[C@@H](O)C2=NC1(F)F. The van der Waals surface area contributed by atoms with Crippen molar-refractivity contribution in [1.82, 2.24) is 5.32 Å². The first-order chi connectivity index (χ1) is 9.87. The van der Waals surface area contributed by atoms with E-state index in [0.29, 0.717) is 29.8 Å². The minimum absolute atomic E-state index is 0.119. The summed E-state index contributed by atoms with van der Waals surface area (Å²) in [5.74, 6) is -1.47. The average Bonchev–Trinajstić information content (AvgIpc) is 2.42. The standard InChI is InChI=1S/C14H13ClF2N2O2/c15-9-5-2-1-4-8(9)13-7-3-6-10(20)11(13)18-14(16,17)12(21)19-13/h1-2,4-5,10,20H,3,6-7H2,(H,19,21)/t10-,13?/m1/s1. The van der Waals surface area contributed by atoms with Crippen LogP contribution in [0.4, 0.5) is 8.78 Å². The number of aliphatic hydroxyl groups excluding tert-OH is 1. The van der Waals surface area contributed by atoms with Crippen LogP contribution >= 0.6 is 11.6 Å². The molecule has 1 aliphatic heterocycles. The second-order valence-corrected chi connectivity index (χ2v) is 5.69. The van der Waals surface area contributed by atoms with Gasteiger partial charge < -0.3 is 10.4 Å². The number of nitrogens with zero attached hydrogens (tertiary/aromatic N) is 1. The Morgan fingerprint density at radius 1 is 1.38 bits per heavy atom. The maximum Gasteiger partial charge on any atom is 0.421 e. The summed E-state index contributed by atoms with van der Waals surface area (Å²) >= 11 is 6.16. The van der Waals surface area contributed by atoms with Crippen molar-refractivity contribution in [3.63, 3.8) is 0 Å². The number of halogens is 3. The maximum absolute atomic E-state index is 13.6. The molecule has 2 N–H and O–H groups in total. The quantitative estimate of drug-likeness (QED) is 0.781. The Kier molecular flexibility index (Phi) is 3.26. The Balaban J connectivity index is 2.22. The molecule has 1 unspecified atom stereocenters. The lowest BCUT2D eigenvalue weighted by atomic mass is 9.72. The van der Waals surface area contributed by atoms with Crippen LogP contribution < -0.4 is 5.32 Å². The predicted octanol–water partition coefficient (Wildman–Crippen LogP) is 2.24. The van der Waals surface area contributed by atoms with Crippen LogP contribution in [0.5, 0.6) is 0 Å². The summed E-state index contributed by atoms with van der Waals surface area (Å²) in [6, 6.07) is 2.81. The minimum atomic E-state index is -3.86. The molecular formula is C14H13ClF2N2O2. The van der Waals surface area contributed by atoms with Gasteiger partial charge in [0.25, 0.3) is 0 Å². The highest BCUT2D eigenvalue weighted by Crippen LogP contribution is 2.42. The van der Waals surface area contributed by atoms with Crippen LogP contribution in [0, 0.1) is 0 Å². The zero-order valence-electron chi connectivity index (χ0n) is 10.9. The van der Waals surface area contributed by atoms with Gasteiger partial charge in [-0.05, 0) is 25.3 Å². The van der Waals surface area contributed by atoms with Crippen LogP contribution in [-0.2, 0) is 10.3 Å².